The van der Waals surface area contributed by atoms with Crippen LogP contribution in [0.1, 0.15) is 5.69 Å². The molecule has 0 aliphatic heterocycles. The number of nitrogens with zero attached hydrogens (tertiary/aromatic N) is 2. The molecular formula is C12H14FN3S. The average Bonchev–Trinajstić information content (AvgIpc) is 2.70. The van der Waals surface area contributed by atoms with E-state index >= 15 is 0 Å². The Hall–Kier alpha value is -1.49. The Balaban J connectivity index is 1.94. The molecule has 0 radical (unpaired) electrons. The predicted octanol–water partition coefficient (Wildman–Crippen LogP) is 2.48. The maximum Gasteiger partial charge on any atom is 0.124 e. The molecule has 0 aliphatic carbocycles. The van der Waals surface area contributed by atoms with Crippen LogP contribution in [0.4, 0.5) is 10.1 Å². The lowest BCUT2D eigenvalue weighted by Gasteiger charge is -2.05. The summed E-state index contributed by atoms with van der Waals surface area (Å²) in [5.74, 6) is 0.606. The highest BCUT2D eigenvalue weighted by atomic mass is 32.2. The van der Waals surface area contributed by atoms with Crippen molar-refractivity contribution in [3.8, 4) is 0 Å². The van der Waals surface area contributed by atoms with E-state index in [0.717, 1.165) is 22.8 Å². The number of halogens is 1. The molecule has 5 heteroatoms. The van der Waals surface area contributed by atoms with Crippen LogP contribution in [0.15, 0.2) is 35.4 Å². The summed E-state index contributed by atoms with van der Waals surface area (Å²) in [6, 6.07) is 6.43. The Morgan fingerprint density at radius 1 is 1.41 bits per heavy atom. The first-order valence-corrected chi connectivity index (χ1v) is 6.30. The summed E-state index contributed by atoms with van der Waals surface area (Å²) in [7, 11) is 1.91. The average molecular weight is 251 g/mol. The fraction of sp³-hybridized carbons (Fsp3) is 0.250. The second kappa shape index (κ2) is 5.23. The molecule has 3 nitrogen and oxygen atoms in total. The third-order valence-electron chi connectivity index (χ3n) is 2.51. The normalized spacial score (nSPS) is 10.7. The van der Waals surface area contributed by atoms with Crippen LogP contribution in [-0.2, 0) is 13.5 Å². The van der Waals surface area contributed by atoms with Gasteiger partial charge in [-0.15, -0.1) is 11.8 Å². The van der Waals surface area contributed by atoms with Crippen molar-refractivity contribution in [1.82, 2.24) is 9.78 Å². The highest BCUT2D eigenvalue weighted by Gasteiger charge is 2.03. The number of nitrogens with two attached hydrogens (primary N) is 1. The highest BCUT2D eigenvalue weighted by molar-refractivity contribution is 7.99. The smallest absolute Gasteiger partial charge is 0.124 e. The molecule has 0 bridgehead atoms. The van der Waals surface area contributed by atoms with Gasteiger partial charge in [-0.2, -0.15) is 5.10 Å². The van der Waals surface area contributed by atoms with Gasteiger partial charge >= 0.3 is 0 Å². The van der Waals surface area contributed by atoms with Gasteiger partial charge in [0, 0.05) is 35.3 Å². The molecule has 0 saturated heterocycles. The molecule has 17 heavy (non-hydrogen) atoms. The van der Waals surface area contributed by atoms with Gasteiger partial charge in [-0.1, -0.05) is 0 Å². The molecule has 0 unspecified atom stereocenters. The Bertz CT molecular complexity index is 510. The standard InChI is InChI=1S/C12H14FN3S/c1-16-10(4-6-15-16)5-7-17-12-8-9(13)2-3-11(12)14/h2-4,6,8H,5,7,14H2,1H3. The summed E-state index contributed by atoms with van der Waals surface area (Å²) >= 11 is 1.56. The van der Waals surface area contributed by atoms with Gasteiger partial charge in [-0.3, -0.25) is 4.68 Å². The molecule has 1 heterocycles. The Kier molecular flexibility index (Phi) is 3.68. The van der Waals surface area contributed by atoms with Crippen LogP contribution in [-0.4, -0.2) is 15.5 Å². The van der Waals surface area contributed by atoms with Crippen LogP contribution in [0.5, 0.6) is 0 Å². The van der Waals surface area contributed by atoms with Gasteiger partial charge < -0.3 is 5.73 Å². The second-order valence-electron chi connectivity index (χ2n) is 3.73. The predicted molar refractivity (Wildman–Crippen MR) is 68.4 cm³/mol. The van der Waals surface area contributed by atoms with Gasteiger partial charge in [0.2, 0.25) is 0 Å². The number of rotatable bonds is 4. The topological polar surface area (TPSA) is 43.8 Å². The van der Waals surface area contributed by atoms with Gasteiger partial charge in [-0.05, 0) is 30.7 Å². The van der Waals surface area contributed by atoms with E-state index in [9.17, 15) is 4.39 Å². The number of anilines is 1. The third kappa shape index (κ3) is 3.00. The van der Waals surface area contributed by atoms with Crippen molar-refractivity contribution in [2.75, 3.05) is 11.5 Å². The van der Waals surface area contributed by atoms with Crippen molar-refractivity contribution in [1.29, 1.82) is 0 Å². The molecule has 1 aromatic heterocycles. The van der Waals surface area contributed by atoms with Crippen LogP contribution >= 0.6 is 11.8 Å². The first-order chi connectivity index (χ1) is 8.16. The molecule has 0 aliphatic rings. The second-order valence-corrected chi connectivity index (χ2v) is 4.86. The Labute approximate surface area is 104 Å². The fourth-order valence-electron chi connectivity index (χ4n) is 1.55. The van der Waals surface area contributed by atoms with E-state index in [4.69, 9.17) is 5.73 Å². The largest absolute Gasteiger partial charge is 0.398 e. The van der Waals surface area contributed by atoms with Gasteiger partial charge in [0.1, 0.15) is 5.82 Å². The van der Waals surface area contributed by atoms with Crippen molar-refractivity contribution in [2.45, 2.75) is 11.3 Å². The van der Waals surface area contributed by atoms with E-state index in [2.05, 4.69) is 5.10 Å². The number of nitrogen functional groups attached to an aromatic ring is 1. The van der Waals surface area contributed by atoms with E-state index in [1.165, 1.54) is 12.1 Å². The molecule has 2 aromatic rings. The third-order valence-corrected chi connectivity index (χ3v) is 3.59. The van der Waals surface area contributed by atoms with Gasteiger partial charge in [0.15, 0.2) is 0 Å². The molecule has 0 atom stereocenters. The number of hydrogen-bond acceptors (Lipinski definition) is 3. The minimum Gasteiger partial charge on any atom is -0.398 e. The zero-order chi connectivity index (χ0) is 12.3. The van der Waals surface area contributed by atoms with Crippen molar-refractivity contribution < 1.29 is 4.39 Å². The van der Waals surface area contributed by atoms with E-state index < -0.39 is 0 Å². The minimum atomic E-state index is -0.248. The number of aryl methyl sites for hydroxylation is 2. The summed E-state index contributed by atoms with van der Waals surface area (Å²) < 4.78 is 14.9. The Morgan fingerprint density at radius 2 is 2.24 bits per heavy atom. The van der Waals surface area contributed by atoms with Crippen LogP contribution in [0, 0.1) is 5.82 Å². The van der Waals surface area contributed by atoms with Gasteiger partial charge in [0.05, 0.1) is 0 Å². The molecule has 2 rings (SSSR count). The van der Waals surface area contributed by atoms with Crippen LogP contribution < -0.4 is 5.73 Å². The maximum atomic E-state index is 13.0. The zero-order valence-corrected chi connectivity index (χ0v) is 10.4. The maximum absolute atomic E-state index is 13.0. The van der Waals surface area contributed by atoms with Gasteiger partial charge in [-0.25, -0.2) is 4.39 Å². The molecule has 0 saturated carbocycles. The molecule has 0 amide bonds. The van der Waals surface area contributed by atoms with Crippen molar-refractivity contribution >= 4 is 17.4 Å². The summed E-state index contributed by atoms with van der Waals surface area (Å²) in [4.78, 5) is 0.798. The minimum absolute atomic E-state index is 0.248. The van der Waals surface area contributed by atoms with E-state index in [-0.39, 0.29) is 5.82 Å². The first-order valence-electron chi connectivity index (χ1n) is 5.31. The van der Waals surface area contributed by atoms with E-state index in [0.29, 0.717) is 5.69 Å². The zero-order valence-electron chi connectivity index (χ0n) is 9.56. The van der Waals surface area contributed by atoms with Crippen LogP contribution in [0.2, 0.25) is 0 Å². The summed E-state index contributed by atoms with van der Waals surface area (Å²) in [6.07, 6.45) is 2.66. The number of hydrogen-bond donors (Lipinski definition) is 1. The van der Waals surface area contributed by atoms with Crippen molar-refractivity contribution in [2.24, 2.45) is 7.05 Å². The van der Waals surface area contributed by atoms with Crippen molar-refractivity contribution in [3.63, 3.8) is 0 Å². The van der Waals surface area contributed by atoms with E-state index in [1.807, 2.05) is 17.8 Å². The lowest BCUT2D eigenvalue weighted by atomic mass is 10.3. The molecule has 90 valence electrons. The lowest BCUT2D eigenvalue weighted by molar-refractivity contribution is 0.624. The summed E-state index contributed by atoms with van der Waals surface area (Å²) in [6.45, 7) is 0. The van der Waals surface area contributed by atoms with Crippen molar-refractivity contribution in [3.05, 3.63) is 42.0 Å². The molecule has 0 fully saturated rings. The fourth-order valence-corrected chi connectivity index (χ4v) is 2.51. The SMILES string of the molecule is Cn1nccc1CCSc1cc(F)ccc1N. The summed E-state index contributed by atoms with van der Waals surface area (Å²) in [5.41, 5.74) is 7.56. The van der Waals surface area contributed by atoms with E-state index in [1.54, 1.807) is 24.0 Å². The number of aromatic nitrogens is 2. The highest BCUT2D eigenvalue weighted by Crippen LogP contribution is 2.26. The van der Waals surface area contributed by atoms with Crippen LogP contribution in [0.25, 0.3) is 0 Å². The molecule has 1 aromatic carbocycles. The Morgan fingerprint density at radius 3 is 2.94 bits per heavy atom. The number of benzene rings is 1. The molecular weight excluding hydrogens is 237 g/mol. The molecule has 0 spiro atoms. The lowest BCUT2D eigenvalue weighted by Crippen LogP contribution is -1.99. The monoisotopic (exact) mass is 251 g/mol. The first kappa shape index (κ1) is 12.0. The van der Waals surface area contributed by atoms with Crippen LogP contribution in [0.3, 0.4) is 0 Å². The van der Waals surface area contributed by atoms with Gasteiger partial charge in [0.25, 0.3) is 0 Å². The quantitative estimate of drug-likeness (QED) is 0.670. The summed E-state index contributed by atoms with van der Waals surface area (Å²) in [5, 5.41) is 4.10. The molecule has 2 N–H and O–H groups in total. The number of thioether (sulfide) groups is 1.